The van der Waals surface area contributed by atoms with Crippen LogP contribution in [0.3, 0.4) is 0 Å². The summed E-state index contributed by atoms with van der Waals surface area (Å²) in [4.78, 5) is 12.1. The van der Waals surface area contributed by atoms with Crippen LogP contribution < -0.4 is 10.5 Å². The summed E-state index contributed by atoms with van der Waals surface area (Å²) in [5, 5.41) is 0. The fraction of sp³-hybridized carbons (Fsp3) is 0.562. The predicted molar refractivity (Wildman–Crippen MR) is 77.7 cm³/mol. The fourth-order valence-electron chi connectivity index (χ4n) is 2.37. The van der Waals surface area contributed by atoms with Crippen LogP contribution >= 0.6 is 0 Å². The van der Waals surface area contributed by atoms with Crippen molar-refractivity contribution in [2.24, 2.45) is 11.7 Å². The molecule has 1 aliphatic carbocycles. The zero-order valence-electron chi connectivity index (χ0n) is 12.4. The lowest BCUT2D eigenvalue weighted by Crippen LogP contribution is -2.55. The largest absolute Gasteiger partial charge is 0.491 e. The molecule has 0 amide bonds. The smallest absolute Gasteiger partial charge is 0.329 e. The lowest BCUT2D eigenvalue weighted by Gasteiger charge is -2.27. The minimum atomic E-state index is -1.02. The van der Waals surface area contributed by atoms with Crippen molar-refractivity contribution in [2.75, 3.05) is 13.2 Å². The molecule has 0 saturated heterocycles. The lowest BCUT2D eigenvalue weighted by molar-refractivity contribution is -0.152. The van der Waals surface area contributed by atoms with Gasteiger partial charge in [-0.15, -0.1) is 0 Å². The van der Waals surface area contributed by atoms with Crippen molar-refractivity contribution in [1.29, 1.82) is 0 Å². The molecule has 0 radical (unpaired) electrons. The number of carbonyl (C=O) groups is 1. The monoisotopic (exact) mass is 277 g/mol. The van der Waals surface area contributed by atoms with E-state index in [1.165, 1.54) is 5.56 Å². The third-order valence-electron chi connectivity index (χ3n) is 3.76. The molecule has 1 aliphatic rings. The van der Waals surface area contributed by atoms with Gasteiger partial charge in [-0.05, 0) is 51.2 Å². The molecule has 0 aliphatic heterocycles. The first-order valence-corrected chi connectivity index (χ1v) is 7.13. The highest BCUT2D eigenvalue weighted by Crippen LogP contribution is 2.39. The van der Waals surface area contributed by atoms with Crippen LogP contribution in [0, 0.1) is 19.8 Å². The first-order chi connectivity index (χ1) is 9.47. The van der Waals surface area contributed by atoms with Gasteiger partial charge in [-0.25, -0.2) is 4.79 Å². The molecule has 110 valence electrons. The highest BCUT2D eigenvalue weighted by atomic mass is 16.5. The number of hydrogen-bond acceptors (Lipinski definition) is 4. The van der Waals surface area contributed by atoms with Gasteiger partial charge in [0.25, 0.3) is 0 Å². The summed E-state index contributed by atoms with van der Waals surface area (Å²) >= 11 is 0. The number of aryl methyl sites for hydroxylation is 2. The third-order valence-corrected chi connectivity index (χ3v) is 3.76. The summed E-state index contributed by atoms with van der Waals surface area (Å²) in [5.41, 5.74) is 7.47. The van der Waals surface area contributed by atoms with E-state index in [2.05, 4.69) is 6.07 Å². The lowest BCUT2D eigenvalue weighted by atomic mass is 9.96. The molecule has 1 unspecified atom stereocenters. The second-order valence-electron chi connectivity index (χ2n) is 5.59. The standard InChI is InChI=1S/C16H23NO3/c1-4-19-15(18)16(17,13-6-7-13)10-20-14-8-5-11(2)9-12(14)3/h5,8-9,13H,4,6-7,10,17H2,1-3H3. The van der Waals surface area contributed by atoms with Crippen molar-refractivity contribution in [1.82, 2.24) is 0 Å². The molecule has 0 aromatic heterocycles. The number of carbonyl (C=O) groups excluding carboxylic acids is 1. The van der Waals surface area contributed by atoms with E-state index in [9.17, 15) is 4.79 Å². The molecule has 4 heteroatoms. The van der Waals surface area contributed by atoms with Crippen LogP contribution in [-0.2, 0) is 9.53 Å². The van der Waals surface area contributed by atoms with Gasteiger partial charge in [0.2, 0.25) is 0 Å². The highest BCUT2D eigenvalue weighted by molar-refractivity contribution is 5.81. The average Bonchev–Trinajstić information content (AvgIpc) is 3.22. The molecule has 2 rings (SSSR count). The van der Waals surface area contributed by atoms with E-state index in [0.717, 1.165) is 24.2 Å². The Balaban J connectivity index is 2.07. The van der Waals surface area contributed by atoms with Crippen LogP contribution in [0.5, 0.6) is 5.75 Å². The molecule has 20 heavy (non-hydrogen) atoms. The fourth-order valence-corrected chi connectivity index (χ4v) is 2.37. The van der Waals surface area contributed by atoms with Crippen molar-refractivity contribution in [3.63, 3.8) is 0 Å². The van der Waals surface area contributed by atoms with Crippen molar-refractivity contribution in [3.05, 3.63) is 29.3 Å². The molecule has 0 spiro atoms. The molecule has 1 aromatic rings. The van der Waals surface area contributed by atoms with Gasteiger partial charge in [-0.2, -0.15) is 0 Å². The second kappa shape index (κ2) is 5.83. The zero-order chi connectivity index (χ0) is 14.8. The summed E-state index contributed by atoms with van der Waals surface area (Å²) in [6, 6.07) is 5.96. The van der Waals surface area contributed by atoms with Gasteiger partial charge in [0.1, 0.15) is 12.4 Å². The van der Waals surface area contributed by atoms with Crippen molar-refractivity contribution >= 4 is 5.97 Å². The molecule has 2 N–H and O–H groups in total. The molecule has 4 nitrogen and oxygen atoms in total. The van der Waals surface area contributed by atoms with Crippen LogP contribution in [0.15, 0.2) is 18.2 Å². The number of hydrogen-bond donors (Lipinski definition) is 1. The van der Waals surface area contributed by atoms with E-state index in [-0.39, 0.29) is 18.5 Å². The maximum absolute atomic E-state index is 12.1. The minimum Gasteiger partial charge on any atom is -0.491 e. The molecule has 0 heterocycles. The summed E-state index contributed by atoms with van der Waals surface area (Å²) in [6.45, 7) is 6.32. The Morgan fingerprint density at radius 2 is 2.10 bits per heavy atom. The number of ether oxygens (including phenoxy) is 2. The van der Waals surface area contributed by atoms with Gasteiger partial charge in [0, 0.05) is 0 Å². The quantitative estimate of drug-likeness (QED) is 0.811. The Hall–Kier alpha value is -1.55. The number of rotatable bonds is 6. The molecular formula is C16H23NO3. The average molecular weight is 277 g/mol. The van der Waals surface area contributed by atoms with Crippen LogP contribution in [0.25, 0.3) is 0 Å². The Bertz CT molecular complexity index is 496. The van der Waals surface area contributed by atoms with Gasteiger partial charge in [0.15, 0.2) is 5.54 Å². The van der Waals surface area contributed by atoms with E-state index in [1.807, 2.05) is 26.0 Å². The van der Waals surface area contributed by atoms with Gasteiger partial charge in [0.05, 0.1) is 6.61 Å². The summed E-state index contributed by atoms with van der Waals surface area (Å²) < 4.78 is 10.9. The van der Waals surface area contributed by atoms with Crippen LogP contribution in [-0.4, -0.2) is 24.7 Å². The summed E-state index contributed by atoms with van der Waals surface area (Å²) in [6.07, 6.45) is 1.93. The summed E-state index contributed by atoms with van der Waals surface area (Å²) in [7, 11) is 0. The number of esters is 1. The predicted octanol–water partition coefficient (Wildman–Crippen LogP) is 2.35. The van der Waals surface area contributed by atoms with Crippen molar-refractivity contribution in [3.8, 4) is 5.75 Å². The Morgan fingerprint density at radius 3 is 2.65 bits per heavy atom. The summed E-state index contributed by atoms with van der Waals surface area (Å²) in [5.74, 6) is 0.593. The van der Waals surface area contributed by atoms with Gasteiger partial charge in [-0.1, -0.05) is 17.7 Å². The first-order valence-electron chi connectivity index (χ1n) is 7.13. The second-order valence-corrected chi connectivity index (χ2v) is 5.59. The van der Waals surface area contributed by atoms with Crippen LogP contribution in [0.1, 0.15) is 30.9 Å². The highest BCUT2D eigenvalue weighted by Gasteiger charge is 2.50. The molecule has 1 aromatic carbocycles. The Kier molecular flexibility index (Phi) is 4.33. The maximum atomic E-state index is 12.1. The van der Waals surface area contributed by atoms with Gasteiger partial charge in [-0.3, -0.25) is 0 Å². The molecular weight excluding hydrogens is 254 g/mol. The van der Waals surface area contributed by atoms with E-state index in [0.29, 0.717) is 6.61 Å². The van der Waals surface area contributed by atoms with E-state index < -0.39 is 5.54 Å². The van der Waals surface area contributed by atoms with E-state index in [1.54, 1.807) is 6.92 Å². The minimum absolute atomic E-state index is 0.167. The van der Waals surface area contributed by atoms with Crippen LogP contribution in [0.2, 0.25) is 0 Å². The number of nitrogens with two attached hydrogens (primary N) is 1. The first kappa shape index (κ1) is 14.9. The zero-order valence-corrected chi connectivity index (χ0v) is 12.4. The third kappa shape index (κ3) is 3.12. The molecule has 1 saturated carbocycles. The van der Waals surface area contributed by atoms with Gasteiger partial charge >= 0.3 is 5.97 Å². The van der Waals surface area contributed by atoms with Crippen molar-refractivity contribution in [2.45, 2.75) is 39.2 Å². The molecule has 1 fully saturated rings. The molecule has 1 atom stereocenters. The van der Waals surface area contributed by atoms with E-state index >= 15 is 0 Å². The molecule has 0 bridgehead atoms. The van der Waals surface area contributed by atoms with Crippen LogP contribution in [0.4, 0.5) is 0 Å². The topological polar surface area (TPSA) is 61.5 Å². The number of benzene rings is 1. The Labute approximate surface area is 120 Å². The Morgan fingerprint density at radius 1 is 1.40 bits per heavy atom. The van der Waals surface area contributed by atoms with Gasteiger partial charge < -0.3 is 15.2 Å². The van der Waals surface area contributed by atoms with Crippen molar-refractivity contribution < 1.29 is 14.3 Å². The van der Waals surface area contributed by atoms with E-state index in [4.69, 9.17) is 15.2 Å². The normalized spacial score (nSPS) is 17.4. The SMILES string of the molecule is CCOC(=O)C(N)(COc1ccc(C)cc1C)C1CC1. The maximum Gasteiger partial charge on any atom is 0.329 e.